The van der Waals surface area contributed by atoms with Crippen molar-refractivity contribution in [1.29, 1.82) is 0 Å². The predicted octanol–water partition coefficient (Wildman–Crippen LogP) is 0.250. The first-order valence-electron chi connectivity index (χ1n) is 4.15. The summed E-state index contributed by atoms with van der Waals surface area (Å²) in [6.45, 7) is 4.09. The summed E-state index contributed by atoms with van der Waals surface area (Å²) in [5.41, 5.74) is 4.81. The number of amides is 2. The van der Waals surface area contributed by atoms with E-state index in [1.54, 1.807) is 0 Å². The molecule has 0 saturated carbocycles. The Morgan fingerprint density at radius 2 is 2.08 bits per heavy atom. The summed E-state index contributed by atoms with van der Waals surface area (Å²) in [6, 6.07) is -0.690. The molecule has 0 aromatic rings. The summed E-state index contributed by atoms with van der Waals surface area (Å²) in [6.07, 6.45) is -0.401. The Morgan fingerprint density at radius 1 is 1.54 bits per heavy atom. The maximum Gasteiger partial charge on any atom is 0.407 e. The zero-order chi connectivity index (χ0) is 10.2. The van der Waals surface area contributed by atoms with Gasteiger partial charge in [0.15, 0.2) is 0 Å². The third-order valence-corrected chi connectivity index (χ3v) is 2.56. The molecule has 1 saturated heterocycles. The van der Waals surface area contributed by atoms with Crippen LogP contribution in [0.4, 0.5) is 4.79 Å². The molecule has 1 aliphatic heterocycles. The van der Waals surface area contributed by atoms with E-state index in [1.165, 1.54) is 0 Å². The lowest BCUT2D eigenvalue weighted by molar-refractivity contribution is -0.124. The van der Waals surface area contributed by atoms with Crippen LogP contribution in [0.25, 0.3) is 0 Å². The molecule has 3 N–H and O–H groups in total. The maximum absolute atomic E-state index is 11.0. The molecule has 1 fully saturated rings. The minimum absolute atomic E-state index is 0.343. The summed E-state index contributed by atoms with van der Waals surface area (Å²) in [5, 5.41) is 8.78. The fourth-order valence-corrected chi connectivity index (χ4v) is 1.84. The molecule has 2 amide bonds. The number of hydrogen-bond donors (Lipinski definition) is 2. The summed E-state index contributed by atoms with van der Waals surface area (Å²) in [7, 11) is 0. The van der Waals surface area contributed by atoms with Gasteiger partial charge in [-0.2, -0.15) is 0 Å². The number of likely N-dealkylation sites (tertiary alicyclic amines) is 1. The summed E-state index contributed by atoms with van der Waals surface area (Å²) >= 11 is 0. The quantitative estimate of drug-likeness (QED) is 0.615. The van der Waals surface area contributed by atoms with E-state index in [0.29, 0.717) is 13.0 Å². The number of carbonyl (C=O) groups is 2. The molecule has 0 aromatic carbocycles. The Labute approximate surface area is 76.5 Å². The van der Waals surface area contributed by atoms with Crippen LogP contribution in [-0.2, 0) is 4.79 Å². The molecular weight excluding hydrogens is 172 g/mol. The van der Waals surface area contributed by atoms with Gasteiger partial charge in [0.25, 0.3) is 0 Å². The highest BCUT2D eigenvalue weighted by Crippen LogP contribution is 2.35. The van der Waals surface area contributed by atoms with E-state index >= 15 is 0 Å². The first-order valence-corrected chi connectivity index (χ1v) is 4.15. The highest BCUT2D eigenvalue weighted by molar-refractivity contribution is 5.85. The average Bonchev–Trinajstić information content (AvgIpc) is 2.24. The predicted molar refractivity (Wildman–Crippen MR) is 46.1 cm³/mol. The number of nitrogens with two attached hydrogens (primary N) is 1. The van der Waals surface area contributed by atoms with Gasteiger partial charge in [-0.25, -0.2) is 4.79 Å². The van der Waals surface area contributed by atoms with Crippen molar-refractivity contribution < 1.29 is 14.7 Å². The van der Waals surface area contributed by atoms with Crippen LogP contribution in [0.3, 0.4) is 0 Å². The van der Waals surface area contributed by atoms with Crippen LogP contribution in [0.2, 0.25) is 0 Å². The molecule has 5 heteroatoms. The van der Waals surface area contributed by atoms with E-state index < -0.39 is 18.0 Å². The zero-order valence-electron chi connectivity index (χ0n) is 7.78. The average molecular weight is 186 g/mol. The molecule has 0 spiro atoms. The summed E-state index contributed by atoms with van der Waals surface area (Å²) in [5.74, 6) is -0.565. The SMILES string of the molecule is CC1(C)CCN(C(=O)O)[C@H]1C(N)=O. The van der Waals surface area contributed by atoms with Gasteiger partial charge in [0, 0.05) is 6.54 Å². The molecular formula is C8H14N2O3. The van der Waals surface area contributed by atoms with Gasteiger partial charge in [0.1, 0.15) is 6.04 Å². The molecule has 0 bridgehead atoms. The summed E-state index contributed by atoms with van der Waals surface area (Å²) in [4.78, 5) is 22.9. The van der Waals surface area contributed by atoms with Crippen LogP contribution < -0.4 is 5.73 Å². The lowest BCUT2D eigenvalue weighted by Crippen LogP contribution is -2.48. The van der Waals surface area contributed by atoms with Crippen molar-refractivity contribution in [2.24, 2.45) is 11.1 Å². The Balaban J connectivity index is 2.92. The summed E-state index contributed by atoms with van der Waals surface area (Å²) < 4.78 is 0. The molecule has 0 radical (unpaired) electrons. The highest BCUT2D eigenvalue weighted by Gasteiger charge is 2.46. The Hall–Kier alpha value is -1.26. The van der Waals surface area contributed by atoms with Crippen LogP contribution in [-0.4, -0.2) is 34.6 Å². The Kier molecular flexibility index (Phi) is 2.19. The highest BCUT2D eigenvalue weighted by atomic mass is 16.4. The van der Waals surface area contributed by atoms with Crippen molar-refractivity contribution in [3.05, 3.63) is 0 Å². The van der Waals surface area contributed by atoms with Crippen LogP contribution in [0.15, 0.2) is 0 Å². The Bertz CT molecular complexity index is 250. The fourth-order valence-electron chi connectivity index (χ4n) is 1.84. The largest absolute Gasteiger partial charge is 0.465 e. The molecule has 0 aromatic heterocycles. The standard InChI is InChI=1S/C8H14N2O3/c1-8(2)3-4-10(7(12)13)5(8)6(9)11/h5H,3-4H2,1-2H3,(H2,9,11)(H,12,13)/t5-/m0/s1. The normalized spacial score (nSPS) is 26.0. The molecule has 1 atom stereocenters. The van der Waals surface area contributed by atoms with Gasteiger partial charge in [0.05, 0.1) is 0 Å². The van der Waals surface area contributed by atoms with E-state index in [4.69, 9.17) is 10.8 Å². The van der Waals surface area contributed by atoms with Crippen molar-refractivity contribution in [2.45, 2.75) is 26.3 Å². The van der Waals surface area contributed by atoms with E-state index in [0.717, 1.165) is 4.90 Å². The van der Waals surface area contributed by atoms with E-state index in [2.05, 4.69) is 0 Å². The zero-order valence-corrected chi connectivity index (χ0v) is 7.78. The van der Waals surface area contributed by atoms with Crippen molar-refractivity contribution in [3.8, 4) is 0 Å². The molecule has 1 rings (SSSR count). The Morgan fingerprint density at radius 3 is 2.38 bits per heavy atom. The first-order chi connectivity index (χ1) is 5.86. The van der Waals surface area contributed by atoms with Crippen LogP contribution >= 0.6 is 0 Å². The minimum atomic E-state index is -1.07. The third kappa shape index (κ3) is 1.59. The van der Waals surface area contributed by atoms with Crippen molar-refractivity contribution >= 4 is 12.0 Å². The molecule has 13 heavy (non-hydrogen) atoms. The maximum atomic E-state index is 11.0. The monoisotopic (exact) mass is 186 g/mol. The number of hydrogen-bond acceptors (Lipinski definition) is 2. The molecule has 0 unspecified atom stereocenters. The van der Waals surface area contributed by atoms with Crippen LogP contribution in [0.5, 0.6) is 0 Å². The van der Waals surface area contributed by atoms with E-state index in [-0.39, 0.29) is 5.41 Å². The minimum Gasteiger partial charge on any atom is -0.465 e. The number of nitrogens with zero attached hydrogens (tertiary/aromatic N) is 1. The van der Waals surface area contributed by atoms with Gasteiger partial charge in [0.2, 0.25) is 5.91 Å². The third-order valence-electron chi connectivity index (χ3n) is 2.56. The van der Waals surface area contributed by atoms with Gasteiger partial charge >= 0.3 is 6.09 Å². The van der Waals surface area contributed by atoms with Crippen LogP contribution in [0, 0.1) is 5.41 Å². The number of primary amides is 1. The molecule has 1 aliphatic rings. The van der Waals surface area contributed by atoms with Crippen molar-refractivity contribution in [3.63, 3.8) is 0 Å². The van der Waals surface area contributed by atoms with Gasteiger partial charge in [-0.1, -0.05) is 13.8 Å². The van der Waals surface area contributed by atoms with Crippen molar-refractivity contribution in [2.75, 3.05) is 6.54 Å². The first kappa shape index (κ1) is 9.83. The van der Waals surface area contributed by atoms with E-state index in [1.807, 2.05) is 13.8 Å². The van der Waals surface area contributed by atoms with Gasteiger partial charge in [-0.05, 0) is 11.8 Å². The van der Waals surface area contributed by atoms with Gasteiger partial charge < -0.3 is 10.8 Å². The second kappa shape index (κ2) is 2.90. The van der Waals surface area contributed by atoms with Crippen molar-refractivity contribution in [1.82, 2.24) is 4.90 Å². The molecule has 5 nitrogen and oxygen atoms in total. The molecule has 74 valence electrons. The lowest BCUT2D eigenvalue weighted by atomic mass is 9.84. The number of carboxylic acid groups (broad SMARTS) is 1. The molecule has 1 heterocycles. The lowest BCUT2D eigenvalue weighted by Gasteiger charge is -2.27. The van der Waals surface area contributed by atoms with Gasteiger partial charge in [-0.3, -0.25) is 9.69 Å². The van der Waals surface area contributed by atoms with Gasteiger partial charge in [-0.15, -0.1) is 0 Å². The van der Waals surface area contributed by atoms with E-state index in [9.17, 15) is 9.59 Å². The fraction of sp³-hybridized carbons (Fsp3) is 0.750. The topological polar surface area (TPSA) is 83.6 Å². The number of rotatable bonds is 1. The second-order valence-electron chi connectivity index (χ2n) is 4.02. The smallest absolute Gasteiger partial charge is 0.407 e. The second-order valence-corrected chi connectivity index (χ2v) is 4.02. The van der Waals surface area contributed by atoms with Crippen LogP contribution in [0.1, 0.15) is 20.3 Å². The number of carbonyl (C=O) groups excluding carboxylic acids is 1. The molecule has 0 aliphatic carbocycles.